The zero-order chi connectivity index (χ0) is 20.6. The van der Waals surface area contributed by atoms with Gasteiger partial charge in [0.2, 0.25) is 26.6 Å². The highest BCUT2D eigenvalue weighted by Crippen LogP contribution is 2.36. The van der Waals surface area contributed by atoms with E-state index < -0.39 is 15.7 Å². The molecule has 2 heterocycles. The zero-order valence-corrected chi connectivity index (χ0v) is 18.2. The SMILES string of the molecule is CC1CCN(c2oc(-c3ccc(Br)cc3)nc2S(=O)(=O)c2ccc(F)cc2)CC1. The number of hydrogen-bond donors (Lipinski definition) is 0. The van der Waals surface area contributed by atoms with Gasteiger partial charge in [-0.05, 0) is 67.3 Å². The van der Waals surface area contributed by atoms with Gasteiger partial charge in [0, 0.05) is 23.1 Å². The van der Waals surface area contributed by atoms with E-state index in [9.17, 15) is 12.8 Å². The van der Waals surface area contributed by atoms with Gasteiger partial charge in [0.15, 0.2) is 0 Å². The maximum Gasteiger partial charge on any atom is 0.236 e. The van der Waals surface area contributed by atoms with Gasteiger partial charge < -0.3 is 9.32 Å². The summed E-state index contributed by atoms with van der Waals surface area (Å²) in [5.74, 6) is 0.577. The molecular formula is C21H20BrFN2O3S. The van der Waals surface area contributed by atoms with Crippen molar-refractivity contribution < 1.29 is 17.2 Å². The van der Waals surface area contributed by atoms with Gasteiger partial charge in [0.1, 0.15) is 5.82 Å². The monoisotopic (exact) mass is 478 g/mol. The lowest BCUT2D eigenvalue weighted by Crippen LogP contribution is -2.33. The third-order valence-electron chi connectivity index (χ3n) is 5.12. The summed E-state index contributed by atoms with van der Waals surface area (Å²) in [7, 11) is -3.97. The number of halogens is 2. The van der Waals surface area contributed by atoms with Crippen LogP contribution < -0.4 is 4.90 Å². The fourth-order valence-corrected chi connectivity index (χ4v) is 4.91. The lowest BCUT2D eigenvalue weighted by Gasteiger charge is -2.30. The molecule has 1 aliphatic rings. The largest absolute Gasteiger partial charge is 0.419 e. The quantitative estimate of drug-likeness (QED) is 0.475. The average molecular weight is 479 g/mol. The van der Waals surface area contributed by atoms with Crippen molar-refractivity contribution >= 4 is 31.7 Å². The third-order valence-corrected chi connectivity index (χ3v) is 7.32. The van der Waals surface area contributed by atoms with Gasteiger partial charge in [0.05, 0.1) is 4.90 Å². The Labute approximate surface area is 177 Å². The van der Waals surface area contributed by atoms with Crippen molar-refractivity contribution in [3.05, 3.63) is 58.8 Å². The molecule has 29 heavy (non-hydrogen) atoms. The Balaban J connectivity index is 1.82. The predicted octanol–water partition coefficient (Wildman–Crippen LogP) is 5.31. The van der Waals surface area contributed by atoms with E-state index in [1.54, 1.807) is 0 Å². The molecule has 1 fully saturated rings. The van der Waals surface area contributed by atoms with Crippen molar-refractivity contribution in [1.29, 1.82) is 0 Å². The first-order chi connectivity index (χ1) is 13.8. The van der Waals surface area contributed by atoms with E-state index >= 15 is 0 Å². The minimum atomic E-state index is -3.97. The number of oxazole rings is 1. The first kappa shape index (κ1) is 20.1. The van der Waals surface area contributed by atoms with Crippen LogP contribution in [-0.4, -0.2) is 26.5 Å². The van der Waals surface area contributed by atoms with Gasteiger partial charge in [0.25, 0.3) is 0 Å². The summed E-state index contributed by atoms with van der Waals surface area (Å²) in [6, 6.07) is 12.1. The summed E-state index contributed by atoms with van der Waals surface area (Å²) >= 11 is 3.39. The number of anilines is 1. The molecule has 4 rings (SSSR count). The smallest absolute Gasteiger partial charge is 0.236 e. The molecule has 0 aliphatic carbocycles. The molecule has 8 heteroatoms. The average Bonchev–Trinajstić information content (AvgIpc) is 3.16. The summed E-state index contributed by atoms with van der Waals surface area (Å²) < 4.78 is 46.8. The van der Waals surface area contributed by atoms with Crippen molar-refractivity contribution in [2.45, 2.75) is 29.7 Å². The van der Waals surface area contributed by atoms with Crippen LogP contribution in [0.5, 0.6) is 0 Å². The molecule has 0 atom stereocenters. The predicted molar refractivity (Wildman–Crippen MR) is 112 cm³/mol. The van der Waals surface area contributed by atoms with Crippen molar-refractivity contribution in [2.75, 3.05) is 18.0 Å². The zero-order valence-electron chi connectivity index (χ0n) is 15.8. The van der Waals surface area contributed by atoms with Crippen LogP contribution in [0.1, 0.15) is 19.8 Å². The van der Waals surface area contributed by atoms with Crippen LogP contribution in [0.15, 0.2) is 67.3 Å². The second kappa shape index (κ2) is 7.91. The van der Waals surface area contributed by atoms with Crippen molar-refractivity contribution in [1.82, 2.24) is 4.98 Å². The van der Waals surface area contributed by atoms with Gasteiger partial charge in [-0.25, -0.2) is 12.8 Å². The van der Waals surface area contributed by atoms with Crippen LogP contribution in [0.4, 0.5) is 10.3 Å². The van der Waals surface area contributed by atoms with Crippen LogP contribution in [0, 0.1) is 11.7 Å². The molecule has 3 aromatic rings. The summed E-state index contributed by atoms with van der Waals surface area (Å²) in [4.78, 5) is 6.29. The minimum absolute atomic E-state index is 0.0128. The molecule has 1 aromatic heterocycles. The van der Waals surface area contributed by atoms with E-state index in [1.165, 1.54) is 12.1 Å². The highest BCUT2D eigenvalue weighted by Gasteiger charge is 2.32. The molecule has 0 N–H and O–H groups in total. The van der Waals surface area contributed by atoms with Crippen LogP contribution >= 0.6 is 15.9 Å². The number of rotatable bonds is 4. The van der Waals surface area contributed by atoms with Crippen LogP contribution in [-0.2, 0) is 9.84 Å². The fraction of sp³-hybridized carbons (Fsp3) is 0.286. The van der Waals surface area contributed by atoms with E-state index in [-0.39, 0.29) is 21.7 Å². The van der Waals surface area contributed by atoms with Gasteiger partial charge in [-0.3, -0.25) is 0 Å². The van der Waals surface area contributed by atoms with E-state index in [4.69, 9.17) is 4.42 Å². The first-order valence-corrected chi connectivity index (χ1v) is 11.6. The van der Waals surface area contributed by atoms with E-state index in [2.05, 4.69) is 27.8 Å². The number of piperidine rings is 1. The molecule has 0 spiro atoms. The van der Waals surface area contributed by atoms with Crippen LogP contribution in [0.3, 0.4) is 0 Å². The molecule has 0 radical (unpaired) electrons. The van der Waals surface area contributed by atoms with Crippen LogP contribution in [0.2, 0.25) is 0 Å². The maximum absolute atomic E-state index is 13.3. The third kappa shape index (κ3) is 4.09. The Morgan fingerprint density at radius 2 is 1.69 bits per heavy atom. The molecule has 0 amide bonds. The molecule has 5 nitrogen and oxygen atoms in total. The first-order valence-electron chi connectivity index (χ1n) is 9.37. The van der Waals surface area contributed by atoms with E-state index in [1.807, 2.05) is 29.2 Å². The van der Waals surface area contributed by atoms with Crippen molar-refractivity contribution in [2.24, 2.45) is 5.92 Å². The lowest BCUT2D eigenvalue weighted by molar-refractivity contribution is 0.415. The Kier molecular flexibility index (Phi) is 5.48. The van der Waals surface area contributed by atoms with Gasteiger partial charge in [-0.1, -0.05) is 22.9 Å². The Morgan fingerprint density at radius 3 is 2.31 bits per heavy atom. The summed E-state index contributed by atoms with van der Waals surface area (Å²) in [5, 5.41) is -0.128. The number of benzene rings is 2. The highest BCUT2D eigenvalue weighted by atomic mass is 79.9. The lowest BCUT2D eigenvalue weighted by atomic mass is 9.99. The molecule has 1 saturated heterocycles. The molecule has 1 aliphatic heterocycles. The molecule has 0 bridgehead atoms. The maximum atomic E-state index is 13.3. The summed E-state index contributed by atoms with van der Waals surface area (Å²) in [6.07, 6.45) is 1.90. The second-order valence-electron chi connectivity index (χ2n) is 7.26. The molecule has 2 aromatic carbocycles. The van der Waals surface area contributed by atoms with Gasteiger partial charge in [-0.15, -0.1) is 0 Å². The molecule has 0 saturated carbocycles. The number of nitrogens with zero attached hydrogens (tertiary/aromatic N) is 2. The van der Waals surface area contributed by atoms with Crippen LogP contribution in [0.25, 0.3) is 11.5 Å². The van der Waals surface area contributed by atoms with Crippen molar-refractivity contribution in [3.8, 4) is 11.5 Å². The normalized spacial score (nSPS) is 15.6. The van der Waals surface area contributed by atoms with Gasteiger partial charge in [-0.2, -0.15) is 4.98 Å². The minimum Gasteiger partial charge on any atom is -0.419 e. The topological polar surface area (TPSA) is 63.4 Å². The molecular weight excluding hydrogens is 459 g/mol. The van der Waals surface area contributed by atoms with Gasteiger partial charge >= 0.3 is 0 Å². The Hall–Kier alpha value is -2.19. The Bertz CT molecular complexity index is 1100. The summed E-state index contributed by atoms with van der Waals surface area (Å²) in [6.45, 7) is 3.57. The fourth-order valence-electron chi connectivity index (χ4n) is 3.33. The number of hydrogen-bond acceptors (Lipinski definition) is 5. The Morgan fingerprint density at radius 1 is 1.07 bits per heavy atom. The van der Waals surface area contributed by atoms with E-state index in [0.717, 1.165) is 29.4 Å². The molecule has 0 unspecified atom stereocenters. The second-order valence-corrected chi connectivity index (χ2v) is 10.0. The number of aromatic nitrogens is 1. The standard InChI is InChI=1S/C21H20BrFN2O3S/c1-14-10-12-25(13-11-14)21-20(29(26,27)18-8-6-17(23)7-9-18)24-19(28-21)15-2-4-16(22)5-3-15/h2-9,14H,10-13H2,1H3. The highest BCUT2D eigenvalue weighted by molar-refractivity contribution is 9.10. The van der Waals surface area contributed by atoms with Crippen molar-refractivity contribution in [3.63, 3.8) is 0 Å². The van der Waals surface area contributed by atoms with E-state index in [0.29, 0.717) is 24.6 Å². The molecule has 152 valence electrons. The summed E-state index contributed by atoms with van der Waals surface area (Å²) in [5.41, 5.74) is 0.681. The number of sulfone groups is 1.